The van der Waals surface area contributed by atoms with E-state index in [2.05, 4.69) is 24.2 Å². The van der Waals surface area contributed by atoms with Crippen LogP contribution in [0.3, 0.4) is 0 Å². The molecule has 3 unspecified atom stereocenters. The molecule has 2 rings (SSSR count). The molecule has 7 nitrogen and oxygen atoms in total. The van der Waals surface area contributed by atoms with E-state index in [0.29, 0.717) is 19.3 Å². The van der Waals surface area contributed by atoms with Gasteiger partial charge in [0.1, 0.15) is 0 Å². The number of ether oxygens (including phenoxy) is 1. The highest BCUT2D eigenvalue weighted by Crippen LogP contribution is 2.30. The van der Waals surface area contributed by atoms with Crippen LogP contribution in [0.5, 0.6) is 0 Å². The van der Waals surface area contributed by atoms with Crippen LogP contribution in [0.1, 0.15) is 43.6 Å². The predicted molar refractivity (Wildman–Crippen MR) is 73.6 cm³/mol. The third kappa shape index (κ3) is 3.77. The Hall–Kier alpha value is -1.47. The summed E-state index contributed by atoms with van der Waals surface area (Å²) in [5.74, 6) is 6.11. The van der Waals surface area contributed by atoms with Crippen LogP contribution in [0.4, 0.5) is 0 Å². The van der Waals surface area contributed by atoms with Crippen LogP contribution in [-0.4, -0.2) is 33.6 Å². The minimum atomic E-state index is -0.438. The lowest BCUT2D eigenvalue weighted by Gasteiger charge is -2.31. The first-order chi connectivity index (χ1) is 9.60. The van der Waals surface area contributed by atoms with E-state index in [1.54, 1.807) is 10.9 Å². The van der Waals surface area contributed by atoms with Gasteiger partial charge in [0.2, 0.25) is 0 Å². The Morgan fingerprint density at radius 3 is 3.00 bits per heavy atom. The first-order valence-electron chi connectivity index (χ1n) is 7.12. The SMILES string of the molecule is CC1CCC(OCCn2cc(C(=O)NN)nn2)CC1C. The van der Waals surface area contributed by atoms with Crippen molar-refractivity contribution in [1.82, 2.24) is 20.4 Å². The van der Waals surface area contributed by atoms with Crippen LogP contribution in [-0.2, 0) is 11.3 Å². The molecule has 0 aromatic carbocycles. The second-order valence-corrected chi connectivity index (χ2v) is 5.60. The molecule has 1 aromatic heterocycles. The highest BCUT2D eigenvalue weighted by molar-refractivity contribution is 5.91. The van der Waals surface area contributed by atoms with Gasteiger partial charge in [-0.1, -0.05) is 19.1 Å². The van der Waals surface area contributed by atoms with Gasteiger partial charge in [-0.3, -0.25) is 10.2 Å². The van der Waals surface area contributed by atoms with Crippen LogP contribution >= 0.6 is 0 Å². The molecule has 1 aromatic rings. The highest BCUT2D eigenvalue weighted by atomic mass is 16.5. The Morgan fingerprint density at radius 1 is 1.50 bits per heavy atom. The van der Waals surface area contributed by atoms with Gasteiger partial charge in [-0.05, 0) is 31.1 Å². The smallest absolute Gasteiger partial charge is 0.287 e. The van der Waals surface area contributed by atoms with Crippen molar-refractivity contribution in [1.29, 1.82) is 0 Å². The fraction of sp³-hybridized carbons (Fsp3) is 0.769. The molecule has 1 amide bonds. The van der Waals surface area contributed by atoms with Crippen molar-refractivity contribution < 1.29 is 9.53 Å². The van der Waals surface area contributed by atoms with Gasteiger partial charge in [-0.15, -0.1) is 5.10 Å². The molecule has 3 N–H and O–H groups in total. The average molecular weight is 281 g/mol. The molecule has 7 heteroatoms. The van der Waals surface area contributed by atoms with Crippen molar-refractivity contribution in [3.63, 3.8) is 0 Å². The second kappa shape index (κ2) is 6.81. The third-order valence-corrected chi connectivity index (χ3v) is 4.13. The van der Waals surface area contributed by atoms with Crippen LogP contribution in [0, 0.1) is 11.8 Å². The molecule has 112 valence electrons. The molecule has 1 saturated carbocycles. The number of nitrogens with zero attached hydrogens (tertiary/aromatic N) is 3. The number of hydrogen-bond acceptors (Lipinski definition) is 5. The topological polar surface area (TPSA) is 95.1 Å². The van der Waals surface area contributed by atoms with Gasteiger partial charge >= 0.3 is 0 Å². The van der Waals surface area contributed by atoms with E-state index in [4.69, 9.17) is 10.6 Å². The zero-order valence-electron chi connectivity index (χ0n) is 12.1. The van der Waals surface area contributed by atoms with Crippen LogP contribution < -0.4 is 11.3 Å². The largest absolute Gasteiger partial charge is 0.376 e. The number of aromatic nitrogens is 3. The van der Waals surface area contributed by atoms with E-state index >= 15 is 0 Å². The van der Waals surface area contributed by atoms with E-state index in [-0.39, 0.29) is 5.69 Å². The number of nitrogen functional groups attached to an aromatic ring is 1. The Balaban J connectivity index is 1.73. The summed E-state index contributed by atoms with van der Waals surface area (Å²) < 4.78 is 7.48. The van der Waals surface area contributed by atoms with Gasteiger partial charge in [0.25, 0.3) is 5.91 Å². The van der Waals surface area contributed by atoms with Crippen molar-refractivity contribution in [3.05, 3.63) is 11.9 Å². The number of nitrogens with two attached hydrogens (primary N) is 1. The van der Waals surface area contributed by atoms with Crippen molar-refractivity contribution >= 4 is 5.91 Å². The second-order valence-electron chi connectivity index (χ2n) is 5.60. The maximum absolute atomic E-state index is 11.2. The minimum Gasteiger partial charge on any atom is -0.376 e. The summed E-state index contributed by atoms with van der Waals surface area (Å²) in [4.78, 5) is 11.2. The number of rotatable bonds is 5. The number of nitrogens with one attached hydrogen (secondary N) is 1. The molecule has 0 aliphatic heterocycles. The molecule has 0 bridgehead atoms. The number of hydrogen-bond donors (Lipinski definition) is 2. The van der Waals surface area contributed by atoms with Crippen molar-refractivity contribution in [2.45, 2.75) is 45.8 Å². The summed E-state index contributed by atoms with van der Waals surface area (Å²) in [6.45, 7) is 5.76. The number of carbonyl (C=O) groups is 1. The lowest BCUT2D eigenvalue weighted by atomic mass is 9.80. The average Bonchev–Trinajstić information content (AvgIpc) is 2.91. The molecule has 1 fully saturated rings. The van der Waals surface area contributed by atoms with Crippen molar-refractivity contribution in [2.75, 3.05) is 6.61 Å². The Kier molecular flexibility index (Phi) is 5.08. The lowest BCUT2D eigenvalue weighted by Crippen LogP contribution is -2.30. The van der Waals surface area contributed by atoms with E-state index in [0.717, 1.165) is 24.7 Å². The molecular formula is C13H23N5O2. The number of amides is 1. The fourth-order valence-corrected chi connectivity index (χ4v) is 2.55. The van der Waals surface area contributed by atoms with Gasteiger partial charge in [-0.25, -0.2) is 10.5 Å². The van der Waals surface area contributed by atoms with Crippen LogP contribution in [0.2, 0.25) is 0 Å². The van der Waals surface area contributed by atoms with E-state index in [1.807, 2.05) is 5.43 Å². The maximum atomic E-state index is 11.2. The summed E-state index contributed by atoms with van der Waals surface area (Å²) >= 11 is 0. The Bertz CT molecular complexity index is 448. The van der Waals surface area contributed by atoms with Crippen molar-refractivity contribution in [2.24, 2.45) is 17.7 Å². The molecule has 1 aliphatic carbocycles. The quantitative estimate of drug-likeness (QED) is 0.471. The summed E-state index contributed by atoms with van der Waals surface area (Å²) in [7, 11) is 0. The Labute approximate surface area is 118 Å². The molecule has 1 heterocycles. The Morgan fingerprint density at radius 2 is 2.30 bits per heavy atom. The van der Waals surface area contributed by atoms with Gasteiger partial charge in [-0.2, -0.15) is 0 Å². The first-order valence-corrected chi connectivity index (χ1v) is 7.12. The number of hydrazine groups is 1. The van der Waals surface area contributed by atoms with Gasteiger partial charge in [0, 0.05) is 0 Å². The predicted octanol–water partition coefficient (Wildman–Crippen LogP) is 0.723. The fourth-order valence-electron chi connectivity index (χ4n) is 2.55. The monoisotopic (exact) mass is 281 g/mol. The van der Waals surface area contributed by atoms with Gasteiger partial charge in [0.05, 0.1) is 25.5 Å². The van der Waals surface area contributed by atoms with Gasteiger partial charge < -0.3 is 4.74 Å². The normalized spacial score (nSPS) is 26.4. The third-order valence-electron chi connectivity index (χ3n) is 4.13. The van der Waals surface area contributed by atoms with E-state index in [9.17, 15) is 4.79 Å². The molecule has 0 radical (unpaired) electrons. The van der Waals surface area contributed by atoms with E-state index in [1.165, 1.54) is 6.42 Å². The van der Waals surface area contributed by atoms with Crippen molar-refractivity contribution in [3.8, 4) is 0 Å². The molecule has 0 spiro atoms. The summed E-state index contributed by atoms with van der Waals surface area (Å²) in [6, 6.07) is 0. The lowest BCUT2D eigenvalue weighted by molar-refractivity contribution is -0.00184. The number of carbonyl (C=O) groups excluding carboxylic acids is 1. The minimum absolute atomic E-state index is 0.215. The van der Waals surface area contributed by atoms with Crippen LogP contribution in [0.25, 0.3) is 0 Å². The molecule has 20 heavy (non-hydrogen) atoms. The summed E-state index contributed by atoms with van der Waals surface area (Å²) in [6.07, 6.45) is 5.40. The maximum Gasteiger partial charge on any atom is 0.287 e. The van der Waals surface area contributed by atoms with Gasteiger partial charge in [0.15, 0.2) is 5.69 Å². The first kappa shape index (κ1) is 14.9. The molecule has 3 atom stereocenters. The zero-order valence-corrected chi connectivity index (χ0v) is 12.1. The standard InChI is InChI=1S/C13H23N5O2/c1-9-3-4-11(7-10(9)2)20-6-5-18-8-12(16-17-18)13(19)15-14/h8-11H,3-7,14H2,1-2H3,(H,15,19). The molecule has 0 saturated heterocycles. The molecule has 1 aliphatic rings. The van der Waals surface area contributed by atoms with E-state index < -0.39 is 5.91 Å². The summed E-state index contributed by atoms with van der Waals surface area (Å²) in [5, 5.41) is 7.60. The zero-order chi connectivity index (χ0) is 14.5. The highest BCUT2D eigenvalue weighted by Gasteiger charge is 2.24. The van der Waals surface area contributed by atoms with Crippen LogP contribution in [0.15, 0.2) is 6.20 Å². The summed E-state index contributed by atoms with van der Waals surface area (Å²) in [5.41, 5.74) is 2.24. The molecular weight excluding hydrogens is 258 g/mol.